The summed E-state index contributed by atoms with van der Waals surface area (Å²) in [5.41, 5.74) is 0.903. The van der Waals surface area contributed by atoms with Crippen LogP contribution in [0.1, 0.15) is 15.9 Å². The van der Waals surface area contributed by atoms with E-state index in [1.54, 1.807) is 18.2 Å². The maximum absolute atomic E-state index is 11.8. The van der Waals surface area contributed by atoms with Crippen LogP contribution in [0.2, 0.25) is 5.02 Å². The average Bonchev–Trinajstić information content (AvgIpc) is 2.41. The largest absolute Gasteiger partial charge is 0.871 e. The number of nitrogens with zero attached hydrogens (tertiary/aromatic N) is 1. The van der Waals surface area contributed by atoms with Crippen LogP contribution in [0.5, 0.6) is 5.75 Å². The Hall–Kier alpha value is -1.85. The van der Waals surface area contributed by atoms with Gasteiger partial charge in [0, 0.05) is 15.7 Å². The van der Waals surface area contributed by atoms with E-state index in [0.717, 1.165) is 0 Å². The highest BCUT2D eigenvalue weighted by Crippen LogP contribution is 2.28. The Morgan fingerprint density at radius 2 is 2.10 bits per heavy atom. The topological polar surface area (TPSA) is 72.7 Å². The number of carboxylic acid groups (broad SMARTS) is 1. The van der Waals surface area contributed by atoms with E-state index in [1.165, 1.54) is 24.4 Å². The van der Waals surface area contributed by atoms with Crippen molar-refractivity contribution in [1.82, 2.24) is 0 Å². The summed E-state index contributed by atoms with van der Waals surface area (Å²) in [6, 6.07) is 9.22. The molecule has 2 aromatic rings. The van der Waals surface area contributed by atoms with Crippen molar-refractivity contribution in [1.29, 1.82) is 0 Å². The molecular weight excluding hydrogens is 346 g/mol. The predicted molar refractivity (Wildman–Crippen MR) is 79.3 cm³/mol. The molecule has 0 saturated carbocycles. The fourth-order valence-corrected chi connectivity index (χ4v) is 2.37. The first kappa shape index (κ1) is 14.6. The van der Waals surface area contributed by atoms with Crippen LogP contribution < -0.4 is 5.11 Å². The molecule has 0 unspecified atom stereocenters. The molecule has 0 radical (unpaired) electrons. The van der Waals surface area contributed by atoms with Crippen LogP contribution in [-0.2, 0) is 0 Å². The Kier molecular flexibility index (Phi) is 4.42. The first-order valence-corrected chi connectivity index (χ1v) is 6.68. The zero-order valence-electron chi connectivity index (χ0n) is 10.0. The van der Waals surface area contributed by atoms with E-state index in [1.807, 2.05) is 0 Å². The molecule has 0 fully saturated rings. The minimum absolute atomic E-state index is 0.0973. The van der Waals surface area contributed by atoms with Gasteiger partial charge in [0.25, 0.3) is 0 Å². The lowest BCUT2D eigenvalue weighted by Crippen LogP contribution is -1.97. The summed E-state index contributed by atoms with van der Waals surface area (Å²) in [5.74, 6) is -1.36. The molecule has 0 amide bonds. The molecule has 4 nitrogen and oxygen atoms in total. The van der Waals surface area contributed by atoms with Crippen LogP contribution in [-0.4, -0.2) is 17.3 Å². The molecule has 0 aliphatic carbocycles. The standard InChI is InChI=1S/C14H9BrClNO3/c15-10-4-9(13(18)12(16)6-10)7-17-11-3-1-2-8(5-11)14(19)20/h1-7,18H,(H,19,20)/p-1. The van der Waals surface area contributed by atoms with Gasteiger partial charge in [-0.3, -0.25) is 4.99 Å². The number of hydrogen-bond acceptors (Lipinski definition) is 3. The summed E-state index contributed by atoms with van der Waals surface area (Å²) in [7, 11) is 0. The van der Waals surface area contributed by atoms with Crippen molar-refractivity contribution >= 4 is 45.4 Å². The van der Waals surface area contributed by atoms with Gasteiger partial charge in [0.1, 0.15) is 0 Å². The SMILES string of the molecule is O=C(O)c1cccc(N=Cc2cc(Br)cc(Cl)c2[O-])c1. The van der Waals surface area contributed by atoms with Gasteiger partial charge in [-0.05, 0) is 35.9 Å². The number of hydrogen-bond donors (Lipinski definition) is 1. The van der Waals surface area contributed by atoms with E-state index in [2.05, 4.69) is 20.9 Å². The zero-order chi connectivity index (χ0) is 14.7. The molecule has 1 N–H and O–H groups in total. The summed E-state index contributed by atoms with van der Waals surface area (Å²) in [6.45, 7) is 0. The number of carbonyl (C=O) groups is 1. The average molecular weight is 354 g/mol. The van der Waals surface area contributed by atoms with Crippen LogP contribution in [0.4, 0.5) is 5.69 Å². The van der Waals surface area contributed by atoms with Gasteiger partial charge >= 0.3 is 5.97 Å². The number of halogens is 2. The molecule has 0 aliphatic rings. The van der Waals surface area contributed by atoms with Crippen LogP contribution in [0.25, 0.3) is 0 Å². The molecule has 0 aliphatic heterocycles. The van der Waals surface area contributed by atoms with Gasteiger partial charge < -0.3 is 10.2 Å². The maximum Gasteiger partial charge on any atom is 0.335 e. The van der Waals surface area contributed by atoms with E-state index in [-0.39, 0.29) is 16.3 Å². The minimum atomic E-state index is -1.03. The van der Waals surface area contributed by atoms with Gasteiger partial charge in [0.05, 0.1) is 11.3 Å². The smallest absolute Gasteiger partial charge is 0.335 e. The third kappa shape index (κ3) is 3.37. The third-order valence-corrected chi connectivity index (χ3v) is 3.22. The van der Waals surface area contributed by atoms with Crippen LogP contribution in [0.15, 0.2) is 45.9 Å². The van der Waals surface area contributed by atoms with Crippen LogP contribution >= 0.6 is 27.5 Å². The second-order valence-electron chi connectivity index (χ2n) is 3.92. The Morgan fingerprint density at radius 1 is 1.35 bits per heavy atom. The van der Waals surface area contributed by atoms with Crippen LogP contribution in [0.3, 0.4) is 0 Å². The van der Waals surface area contributed by atoms with E-state index in [9.17, 15) is 9.90 Å². The summed E-state index contributed by atoms with van der Waals surface area (Å²) in [4.78, 5) is 14.9. The van der Waals surface area contributed by atoms with Gasteiger partial charge in [-0.1, -0.05) is 39.3 Å². The molecule has 6 heteroatoms. The Balaban J connectivity index is 2.34. The molecule has 102 valence electrons. The lowest BCUT2D eigenvalue weighted by molar-refractivity contribution is -0.268. The van der Waals surface area contributed by atoms with Crippen LogP contribution in [0, 0.1) is 0 Å². The number of carboxylic acids is 1. The fourth-order valence-electron chi connectivity index (χ4n) is 1.54. The van der Waals surface area contributed by atoms with Gasteiger partial charge in [-0.15, -0.1) is 0 Å². The van der Waals surface area contributed by atoms with Gasteiger partial charge in [0.15, 0.2) is 0 Å². The maximum atomic E-state index is 11.8. The second kappa shape index (κ2) is 6.07. The van der Waals surface area contributed by atoms with E-state index in [0.29, 0.717) is 15.7 Å². The first-order chi connectivity index (χ1) is 9.47. The monoisotopic (exact) mass is 352 g/mol. The molecule has 0 spiro atoms. The van der Waals surface area contributed by atoms with Crippen molar-refractivity contribution in [2.24, 2.45) is 4.99 Å². The molecular formula is C14H8BrClNO3-. The van der Waals surface area contributed by atoms with E-state index in [4.69, 9.17) is 16.7 Å². The summed E-state index contributed by atoms with van der Waals surface area (Å²) < 4.78 is 0.669. The molecule has 2 aromatic carbocycles. The second-order valence-corrected chi connectivity index (χ2v) is 5.24. The van der Waals surface area contributed by atoms with Gasteiger partial charge in [-0.25, -0.2) is 4.79 Å². The third-order valence-electron chi connectivity index (χ3n) is 2.48. The van der Waals surface area contributed by atoms with Gasteiger partial charge in [0.2, 0.25) is 0 Å². The highest BCUT2D eigenvalue weighted by atomic mass is 79.9. The highest BCUT2D eigenvalue weighted by molar-refractivity contribution is 9.10. The quantitative estimate of drug-likeness (QED) is 0.856. The van der Waals surface area contributed by atoms with Crippen molar-refractivity contribution in [3.63, 3.8) is 0 Å². The fraction of sp³-hybridized carbons (Fsp3) is 0. The number of benzene rings is 2. The number of rotatable bonds is 3. The van der Waals surface area contributed by atoms with Crippen molar-refractivity contribution in [3.8, 4) is 5.75 Å². The Labute approximate surface area is 128 Å². The lowest BCUT2D eigenvalue weighted by atomic mass is 10.2. The number of aromatic carboxylic acids is 1. The summed E-state index contributed by atoms with van der Waals surface area (Å²) >= 11 is 9.03. The molecule has 0 aromatic heterocycles. The zero-order valence-corrected chi connectivity index (χ0v) is 12.4. The Bertz CT molecular complexity index is 701. The van der Waals surface area contributed by atoms with Crippen molar-refractivity contribution < 1.29 is 15.0 Å². The molecule has 0 atom stereocenters. The van der Waals surface area contributed by atoms with E-state index >= 15 is 0 Å². The molecule has 0 saturated heterocycles. The van der Waals surface area contributed by atoms with Crippen molar-refractivity contribution in [2.75, 3.05) is 0 Å². The van der Waals surface area contributed by atoms with E-state index < -0.39 is 5.97 Å². The lowest BCUT2D eigenvalue weighted by Gasteiger charge is -2.12. The Morgan fingerprint density at radius 3 is 2.80 bits per heavy atom. The first-order valence-electron chi connectivity index (χ1n) is 5.51. The van der Waals surface area contributed by atoms with Crippen molar-refractivity contribution in [3.05, 3.63) is 57.0 Å². The highest BCUT2D eigenvalue weighted by Gasteiger charge is 2.02. The molecule has 20 heavy (non-hydrogen) atoms. The van der Waals surface area contributed by atoms with Gasteiger partial charge in [-0.2, -0.15) is 0 Å². The summed E-state index contributed by atoms with van der Waals surface area (Å²) in [6.07, 6.45) is 1.36. The summed E-state index contributed by atoms with van der Waals surface area (Å²) in [5, 5.41) is 20.8. The molecule has 0 heterocycles. The predicted octanol–water partition coefficient (Wildman–Crippen LogP) is 3.62. The number of aliphatic imine (C=N–C) groups is 1. The normalized spacial score (nSPS) is 10.9. The van der Waals surface area contributed by atoms with Crippen molar-refractivity contribution in [2.45, 2.75) is 0 Å². The minimum Gasteiger partial charge on any atom is -0.871 e. The molecule has 2 rings (SSSR count). The molecule has 0 bridgehead atoms.